The van der Waals surface area contributed by atoms with Crippen LogP contribution in [0.25, 0.3) is 0 Å². The highest BCUT2D eigenvalue weighted by atomic mass is 127. The number of amides is 2. The van der Waals surface area contributed by atoms with E-state index in [4.69, 9.17) is 9.84 Å². The molecule has 0 atom stereocenters. The highest BCUT2D eigenvalue weighted by Gasteiger charge is 2.27. The van der Waals surface area contributed by atoms with Gasteiger partial charge in [0.25, 0.3) is 0 Å². The molecule has 11 heteroatoms. The average molecular weight is 756 g/mol. The number of carbonyl (C=O) groups excluding carboxylic acids is 3. The van der Waals surface area contributed by atoms with E-state index in [0.29, 0.717) is 22.1 Å². The number of hydrogen-bond donors (Lipinski definition) is 3. The lowest BCUT2D eigenvalue weighted by Gasteiger charge is -2.20. The second-order valence-corrected chi connectivity index (χ2v) is 9.71. The van der Waals surface area contributed by atoms with Gasteiger partial charge >= 0.3 is 11.9 Å². The molecule has 3 N–H and O–H groups in total. The predicted molar refractivity (Wildman–Crippen MR) is 139 cm³/mol. The molecule has 0 heterocycles. The summed E-state index contributed by atoms with van der Waals surface area (Å²) in [6.07, 6.45) is 3.98. The van der Waals surface area contributed by atoms with Crippen LogP contribution in [0.1, 0.15) is 62.7 Å². The van der Waals surface area contributed by atoms with Gasteiger partial charge in [-0.15, -0.1) is 0 Å². The number of carboxylic acids is 1. The van der Waals surface area contributed by atoms with Gasteiger partial charge in [0.15, 0.2) is 0 Å². The molecule has 0 saturated carbocycles. The van der Waals surface area contributed by atoms with Crippen LogP contribution in [0.5, 0.6) is 0 Å². The number of nitrogens with one attached hydrogen (secondary N) is 2. The molecule has 8 nitrogen and oxygen atoms in total. The van der Waals surface area contributed by atoms with Crippen molar-refractivity contribution < 1.29 is 29.0 Å². The number of unbranched alkanes of at least 4 members (excludes halogenated alkanes) is 4. The molecule has 0 unspecified atom stereocenters. The van der Waals surface area contributed by atoms with Gasteiger partial charge in [-0.05, 0) is 80.6 Å². The Morgan fingerprint density at radius 2 is 1.33 bits per heavy atom. The molecule has 0 spiro atoms. The van der Waals surface area contributed by atoms with Crippen molar-refractivity contribution in [3.05, 3.63) is 16.3 Å². The van der Waals surface area contributed by atoms with Crippen LogP contribution >= 0.6 is 67.8 Å². The van der Waals surface area contributed by atoms with Crippen LogP contribution in [0.15, 0.2) is 0 Å². The van der Waals surface area contributed by atoms with E-state index < -0.39 is 11.9 Å². The van der Waals surface area contributed by atoms with Crippen LogP contribution in [-0.2, 0) is 19.1 Å². The first-order chi connectivity index (χ1) is 14.1. The molecule has 30 heavy (non-hydrogen) atoms. The number of rotatable bonds is 11. The first-order valence-electron chi connectivity index (χ1n) is 9.20. The molecule has 0 aliphatic rings. The lowest BCUT2D eigenvalue weighted by Crippen LogP contribution is -2.20. The summed E-state index contributed by atoms with van der Waals surface area (Å²) in [6, 6.07) is 0. The Hall–Kier alpha value is -0.710. The Morgan fingerprint density at radius 3 is 1.90 bits per heavy atom. The number of benzene rings is 1. The number of aliphatic carboxylic acids is 1. The van der Waals surface area contributed by atoms with E-state index in [-0.39, 0.29) is 36.1 Å². The molecule has 0 aromatic heterocycles. The number of hydrogen-bond acceptors (Lipinski definition) is 5. The molecule has 166 valence electrons. The fourth-order valence-electron chi connectivity index (χ4n) is 2.59. The minimum Gasteiger partial charge on any atom is -0.481 e. The van der Waals surface area contributed by atoms with E-state index in [1.807, 2.05) is 22.6 Å². The molecule has 0 bridgehead atoms. The largest absolute Gasteiger partial charge is 0.481 e. The predicted octanol–water partition coefficient (Wildman–Crippen LogP) is 5.00. The number of anilines is 2. The molecule has 1 aromatic carbocycles. The minimum atomic E-state index is -0.792. The Morgan fingerprint density at radius 1 is 0.800 bits per heavy atom. The van der Waals surface area contributed by atoms with Crippen molar-refractivity contribution in [2.45, 2.75) is 52.4 Å². The highest BCUT2D eigenvalue weighted by Crippen LogP contribution is 2.39. The standard InChI is InChI=1S/C19H23I3N2O6/c1-10(25)23-17-13(14(20)15(21)16(22)18(17)24-11(2)26)19(29)30-9-7-5-3-4-6-8-12(27)28/h3-9H2,1-2H3,(H,23,25)(H,24,26)(H,27,28). The van der Waals surface area contributed by atoms with Crippen molar-refractivity contribution in [2.24, 2.45) is 0 Å². The lowest BCUT2D eigenvalue weighted by molar-refractivity contribution is -0.137. The fraction of sp³-hybridized carbons (Fsp3) is 0.474. The molecule has 1 aromatic rings. The van der Waals surface area contributed by atoms with Crippen molar-refractivity contribution in [3.8, 4) is 0 Å². The van der Waals surface area contributed by atoms with Gasteiger partial charge in [0.1, 0.15) is 0 Å². The summed E-state index contributed by atoms with van der Waals surface area (Å²) in [6.45, 7) is 2.90. The Kier molecular flexibility index (Phi) is 12.4. The number of halogens is 3. The van der Waals surface area contributed by atoms with Crippen LogP contribution in [-0.4, -0.2) is 35.5 Å². The molecule has 0 radical (unpaired) electrons. The van der Waals surface area contributed by atoms with Gasteiger partial charge in [0.2, 0.25) is 11.8 Å². The summed E-state index contributed by atoms with van der Waals surface area (Å²) in [5, 5.41) is 14.0. The van der Waals surface area contributed by atoms with E-state index in [9.17, 15) is 19.2 Å². The van der Waals surface area contributed by atoms with Gasteiger partial charge in [0.05, 0.1) is 27.1 Å². The molecular formula is C19H23I3N2O6. The third kappa shape index (κ3) is 8.80. The zero-order valence-corrected chi connectivity index (χ0v) is 23.0. The monoisotopic (exact) mass is 756 g/mol. The SMILES string of the molecule is CC(=O)Nc1c(I)c(I)c(I)c(C(=O)OCCCCCCCC(=O)O)c1NC(C)=O. The van der Waals surface area contributed by atoms with Gasteiger partial charge in [-0.1, -0.05) is 19.3 Å². The van der Waals surface area contributed by atoms with Crippen molar-refractivity contribution >= 4 is 103 Å². The Bertz CT molecular complexity index is 829. The van der Waals surface area contributed by atoms with E-state index in [1.165, 1.54) is 13.8 Å². The molecular weight excluding hydrogens is 733 g/mol. The first kappa shape index (κ1) is 27.3. The number of esters is 1. The fourth-order valence-corrected chi connectivity index (χ4v) is 5.08. The van der Waals surface area contributed by atoms with Crippen LogP contribution in [0.3, 0.4) is 0 Å². The zero-order valence-electron chi connectivity index (χ0n) is 16.6. The molecule has 0 saturated heterocycles. The molecule has 0 fully saturated rings. The van der Waals surface area contributed by atoms with E-state index in [1.54, 1.807) is 0 Å². The highest BCUT2D eigenvalue weighted by molar-refractivity contribution is 14.1. The summed E-state index contributed by atoms with van der Waals surface area (Å²) < 4.78 is 7.55. The number of ether oxygens (including phenoxy) is 1. The lowest BCUT2D eigenvalue weighted by atomic mass is 10.1. The third-order valence-corrected chi connectivity index (χ3v) is 9.20. The smallest absolute Gasteiger partial charge is 0.341 e. The van der Waals surface area contributed by atoms with Gasteiger partial charge in [0, 0.05) is 27.4 Å². The Balaban J connectivity index is 2.91. The topological polar surface area (TPSA) is 122 Å². The van der Waals surface area contributed by atoms with Crippen LogP contribution < -0.4 is 10.6 Å². The van der Waals surface area contributed by atoms with Crippen molar-refractivity contribution in [2.75, 3.05) is 17.2 Å². The molecule has 1 rings (SSSR count). The van der Waals surface area contributed by atoms with E-state index in [2.05, 4.69) is 55.8 Å². The van der Waals surface area contributed by atoms with E-state index in [0.717, 1.165) is 26.4 Å². The van der Waals surface area contributed by atoms with Crippen molar-refractivity contribution in [1.29, 1.82) is 0 Å². The summed E-state index contributed by atoms with van der Waals surface area (Å²) in [4.78, 5) is 46.7. The number of carboxylic acid groups (broad SMARTS) is 1. The summed E-state index contributed by atoms with van der Waals surface area (Å²) >= 11 is 6.19. The molecule has 0 aliphatic carbocycles. The third-order valence-electron chi connectivity index (χ3n) is 3.90. The number of carbonyl (C=O) groups is 4. The van der Waals surface area contributed by atoms with E-state index >= 15 is 0 Å². The van der Waals surface area contributed by atoms with Crippen LogP contribution in [0, 0.1) is 10.7 Å². The minimum absolute atomic E-state index is 0.168. The summed E-state index contributed by atoms with van der Waals surface area (Å²) in [7, 11) is 0. The van der Waals surface area contributed by atoms with Crippen LogP contribution in [0.4, 0.5) is 11.4 Å². The van der Waals surface area contributed by atoms with Crippen LogP contribution in [0.2, 0.25) is 0 Å². The second-order valence-electron chi connectivity index (χ2n) is 6.48. The quantitative estimate of drug-likeness (QED) is 0.127. The second kappa shape index (κ2) is 13.6. The average Bonchev–Trinajstić information content (AvgIpc) is 2.64. The summed E-state index contributed by atoms with van der Waals surface area (Å²) in [5.74, 6) is -2.06. The maximum atomic E-state index is 12.8. The zero-order chi connectivity index (χ0) is 22.8. The van der Waals surface area contributed by atoms with Gasteiger partial charge in [-0.25, -0.2) is 4.79 Å². The van der Waals surface area contributed by atoms with Crippen molar-refractivity contribution in [1.82, 2.24) is 0 Å². The van der Waals surface area contributed by atoms with Gasteiger partial charge < -0.3 is 20.5 Å². The molecule has 0 aliphatic heterocycles. The van der Waals surface area contributed by atoms with Gasteiger partial charge in [-0.2, -0.15) is 0 Å². The van der Waals surface area contributed by atoms with Gasteiger partial charge in [-0.3, -0.25) is 14.4 Å². The molecule has 2 amide bonds. The first-order valence-corrected chi connectivity index (χ1v) is 12.4. The maximum absolute atomic E-state index is 12.8. The maximum Gasteiger partial charge on any atom is 0.341 e. The Labute approximate surface area is 216 Å². The summed E-state index contributed by atoms with van der Waals surface area (Å²) in [5.41, 5.74) is 0.805. The van der Waals surface area contributed by atoms with Crippen molar-refractivity contribution in [3.63, 3.8) is 0 Å². The normalized spacial score (nSPS) is 10.4.